The van der Waals surface area contributed by atoms with Crippen LogP contribution in [-0.4, -0.2) is 31.2 Å². The topological polar surface area (TPSA) is 28.2 Å². The molecule has 0 amide bonds. The molecule has 18 heavy (non-hydrogen) atoms. The quantitative estimate of drug-likeness (QED) is 0.605. The Bertz CT molecular complexity index is 454. The predicted molar refractivity (Wildman–Crippen MR) is 71.1 cm³/mol. The van der Waals surface area contributed by atoms with Gasteiger partial charge in [-0.1, -0.05) is 18.8 Å². The van der Waals surface area contributed by atoms with Crippen LogP contribution in [0.3, 0.4) is 0 Å². The van der Waals surface area contributed by atoms with Crippen molar-refractivity contribution >= 4 is 5.69 Å². The summed E-state index contributed by atoms with van der Waals surface area (Å²) in [5.41, 5.74) is 1.35. The molecule has 0 atom stereocenters. The first-order chi connectivity index (χ1) is 8.81. The molecule has 0 bridgehead atoms. The van der Waals surface area contributed by atoms with E-state index < -0.39 is 5.95 Å². The van der Waals surface area contributed by atoms with Crippen molar-refractivity contribution < 1.29 is 4.39 Å². The maximum Gasteiger partial charge on any atom is 0.228 e. The molecule has 3 nitrogen and oxygen atoms in total. The Morgan fingerprint density at radius 1 is 1.44 bits per heavy atom. The first kappa shape index (κ1) is 12.8. The van der Waals surface area contributed by atoms with E-state index in [9.17, 15) is 4.39 Å². The van der Waals surface area contributed by atoms with E-state index in [2.05, 4.69) is 27.0 Å². The summed E-state index contributed by atoms with van der Waals surface area (Å²) in [6.07, 6.45) is 3.41. The van der Waals surface area contributed by atoms with Crippen molar-refractivity contribution in [1.82, 2.24) is 10.3 Å². The van der Waals surface area contributed by atoms with E-state index in [1.807, 2.05) is 6.92 Å². The molecule has 1 aromatic heterocycles. The van der Waals surface area contributed by atoms with Crippen LogP contribution in [0.2, 0.25) is 0 Å². The lowest BCUT2D eigenvalue weighted by atomic mass is 10.2. The standard InChI is InChI=1S/C14H18FN3/c1-2-3-5-12-10-13(11-17-14(12)15)18-8-4-6-16-7-9-18/h10-11,16H,2,4,6-9H2,1H3. The van der Waals surface area contributed by atoms with E-state index in [-0.39, 0.29) is 0 Å². The van der Waals surface area contributed by atoms with Crippen LogP contribution < -0.4 is 10.2 Å². The van der Waals surface area contributed by atoms with Crippen LogP contribution in [-0.2, 0) is 0 Å². The maximum atomic E-state index is 13.5. The predicted octanol–water partition coefficient (Wildman–Crippen LogP) is 1.78. The minimum absolute atomic E-state index is 0.395. The number of rotatable bonds is 1. The number of nitrogens with zero attached hydrogens (tertiary/aromatic N) is 2. The van der Waals surface area contributed by atoms with Crippen LogP contribution in [0.1, 0.15) is 25.3 Å². The molecule has 1 saturated heterocycles. The summed E-state index contributed by atoms with van der Waals surface area (Å²) >= 11 is 0. The van der Waals surface area contributed by atoms with Crippen LogP contribution in [0.4, 0.5) is 10.1 Å². The van der Waals surface area contributed by atoms with Gasteiger partial charge in [-0.3, -0.25) is 0 Å². The van der Waals surface area contributed by atoms with Gasteiger partial charge in [0.1, 0.15) is 0 Å². The molecule has 4 heteroatoms. The molecule has 2 rings (SSSR count). The molecule has 0 unspecified atom stereocenters. The molecule has 1 aliphatic heterocycles. The molecule has 1 aliphatic rings. The second kappa shape index (κ2) is 6.36. The van der Waals surface area contributed by atoms with Gasteiger partial charge in [-0.25, -0.2) is 4.98 Å². The third-order valence-corrected chi connectivity index (χ3v) is 2.93. The molecule has 1 aromatic rings. The van der Waals surface area contributed by atoms with Gasteiger partial charge in [0.25, 0.3) is 0 Å². The third kappa shape index (κ3) is 3.21. The number of pyridine rings is 1. The average Bonchev–Trinajstić information content (AvgIpc) is 2.67. The van der Waals surface area contributed by atoms with Crippen molar-refractivity contribution in [3.8, 4) is 11.8 Å². The van der Waals surface area contributed by atoms with Gasteiger partial charge in [-0.2, -0.15) is 4.39 Å². The number of hydrogen-bond donors (Lipinski definition) is 1. The fourth-order valence-electron chi connectivity index (χ4n) is 1.99. The highest BCUT2D eigenvalue weighted by Gasteiger charge is 2.11. The summed E-state index contributed by atoms with van der Waals surface area (Å²) in [7, 11) is 0. The Labute approximate surface area is 107 Å². The Morgan fingerprint density at radius 2 is 2.33 bits per heavy atom. The highest BCUT2D eigenvalue weighted by Crippen LogP contribution is 2.17. The van der Waals surface area contributed by atoms with E-state index in [1.54, 1.807) is 12.3 Å². The fraction of sp³-hybridized carbons (Fsp3) is 0.500. The monoisotopic (exact) mass is 247 g/mol. The van der Waals surface area contributed by atoms with Gasteiger partial charge in [-0.15, -0.1) is 0 Å². The summed E-state index contributed by atoms with van der Waals surface area (Å²) < 4.78 is 13.5. The van der Waals surface area contributed by atoms with Crippen molar-refractivity contribution in [2.75, 3.05) is 31.1 Å². The lowest BCUT2D eigenvalue weighted by Crippen LogP contribution is -2.28. The van der Waals surface area contributed by atoms with E-state index in [4.69, 9.17) is 0 Å². The molecule has 96 valence electrons. The number of aromatic nitrogens is 1. The molecule has 0 aliphatic carbocycles. The van der Waals surface area contributed by atoms with Crippen LogP contribution in [0.5, 0.6) is 0 Å². The van der Waals surface area contributed by atoms with Crippen molar-refractivity contribution in [3.05, 3.63) is 23.8 Å². The first-order valence-corrected chi connectivity index (χ1v) is 6.41. The Morgan fingerprint density at radius 3 is 3.17 bits per heavy atom. The second-order valence-corrected chi connectivity index (χ2v) is 4.28. The van der Waals surface area contributed by atoms with Crippen molar-refractivity contribution in [2.45, 2.75) is 19.8 Å². The van der Waals surface area contributed by atoms with E-state index in [0.717, 1.165) is 44.7 Å². The van der Waals surface area contributed by atoms with Crippen LogP contribution >= 0.6 is 0 Å². The molecule has 1 fully saturated rings. The largest absolute Gasteiger partial charge is 0.369 e. The minimum Gasteiger partial charge on any atom is -0.369 e. The molecule has 0 radical (unpaired) electrons. The number of halogens is 1. The van der Waals surface area contributed by atoms with Gasteiger partial charge in [0, 0.05) is 26.1 Å². The zero-order valence-electron chi connectivity index (χ0n) is 10.7. The van der Waals surface area contributed by atoms with Gasteiger partial charge in [0.05, 0.1) is 17.4 Å². The summed E-state index contributed by atoms with van der Waals surface area (Å²) in [5, 5.41) is 3.34. The second-order valence-electron chi connectivity index (χ2n) is 4.28. The summed E-state index contributed by atoms with van der Waals surface area (Å²) in [4.78, 5) is 6.03. The SMILES string of the molecule is CCC#Cc1cc(N2CCCNCC2)cnc1F. The van der Waals surface area contributed by atoms with Crippen LogP contribution in [0.15, 0.2) is 12.3 Å². The van der Waals surface area contributed by atoms with Gasteiger partial charge < -0.3 is 10.2 Å². The smallest absolute Gasteiger partial charge is 0.228 e. The Balaban J connectivity index is 2.22. The van der Waals surface area contributed by atoms with Crippen molar-refractivity contribution in [2.24, 2.45) is 0 Å². The summed E-state index contributed by atoms with van der Waals surface area (Å²) in [6, 6.07) is 1.80. The average molecular weight is 247 g/mol. The van der Waals surface area contributed by atoms with Crippen molar-refractivity contribution in [1.29, 1.82) is 0 Å². The van der Waals surface area contributed by atoms with Crippen molar-refractivity contribution in [3.63, 3.8) is 0 Å². The zero-order chi connectivity index (χ0) is 12.8. The highest BCUT2D eigenvalue weighted by molar-refractivity contribution is 5.50. The van der Waals surface area contributed by atoms with E-state index in [0.29, 0.717) is 5.56 Å². The fourth-order valence-corrected chi connectivity index (χ4v) is 1.99. The lowest BCUT2D eigenvalue weighted by molar-refractivity contribution is 0.579. The van der Waals surface area contributed by atoms with Gasteiger partial charge in [-0.05, 0) is 19.0 Å². The molecular formula is C14H18FN3. The van der Waals surface area contributed by atoms with E-state index >= 15 is 0 Å². The maximum absolute atomic E-state index is 13.5. The van der Waals surface area contributed by atoms with E-state index in [1.165, 1.54) is 0 Å². The summed E-state index contributed by atoms with van der Waals surface area (Å²) in [6.45, 7) is 5.83. The molecule has 0 spiro atoms. The molecular weight excluding hydrogens is 229 g/mol. The number of nitrogens with one attached hydrogen (secondary N) is 1. The third-order valence-electron chi connectivity index (χ3n) is 2.93. The normalized spacial score (nSPS) is 15.8. The molecule has 2 heterocycles. The minimum atomic E-state index is -0.479. The number of hydrogen-bond acceptors (Lipinski definition) is 3. The Hall–Kier alpha value is -1.60. The molecule has 1 N–H and O–H groups in total. The molecule has 0 saturated carbocycles. The lowest BCUT2D eigenvalue weighted by Gasteiger charge is -2.21. The molecule has 0 aromatic carbocycles. The van der Waals surface area contributed by atoms with Gasteiger partial charge in [0.15, 0.2) is 0 Å². The van der Waals surface area contributed by atoms with Crippen LogP contribution in [0.25, 0.3) is 0 Å². The zero-order valence-corrected chi connectivity index (χ0v) is 10.7. The summed E-state index contributed by atoms with van der Waals surface area (Å²) in [5.74, 6) is 5.24. The highest BCUT2D eigenvalue weighted by atomic mass is 19.1. The number of anilines is 1. The Kier molecular flexibility index (Phi) is 4.54. The first-order valence-electron chi connectivity index (χ1n) is 6.41. The van der Waals surface area contributed by atoms with Gasteiger partial charge in [0.2, 0.25) is 5.95 Å². The van der Waals surface area contributed by atoms with Gasteiger partial charge >= 0.3 is 0 Å². The van der Waals surface area contributed by atoms with Crippen LogP contribution in [0, 0.1) is 17.8 Å².